The number of ether oxygens (including phenoxy) is 1. The summed E-state index contributed by atoms with van der Waals surface area (Å²) < 4.78 is 7.32. The molecule has 2 bridgehead atoms. The fourth-order valence-electron chi connectivity index (χ4n) is 6.30. The van der Waals surface area contributed by atoms with Crippen LogP contribution in [0.3, 0.4) is 0 Å². The highest BCUT2D eigenvalue weighted by Crippen LogP contribution is 2.40. The molecule has 3 saturated heterocycles. The van der Waals surface area contributed by atoms with Crippen LogP contribution in [0.5, 0.6) is 0 Å². The molecule has 7 rings (SSSR count). The maximum Gasteiger partial charge on any atom is 0.158 e. The first-order valence-electron chi connectivity index (χ1n) is 12.4. The summed E-state index contributed by atoms with van der Waals surface area (Å²) in [5, 5.41) is 4.41. The predicted molar refractivity (Wildman–Crippen MR) is 132 cm³/mol. The highest BCUT2D eigenvalue weighted by atomic mass is 16.5. The maximum atomic E-state index is 5.44. The summed E-state index contributed by atoms with van der Waals surface area (Å²) in [5.41, 5.74) is 9.06. The van der Waals surface area contributed by atoms with Gasteiger partial charge in [-0.3, -0.25) is 4.90 Å². The zero-order chi connectivity index (χ0) is 23.1. The van der Waals surface area contributed by atoms with Gasteiger partial charge in [0.1, 0.15) is 12.1 Å². The summed E-state index contributed by atoms with van der Waals surface area (Å²) in [6, 6.07) is 6.22. The van der Waals surface area contributed by atoms with E-state index in [1.54, 1.807) is 6.33 Å². The van der Waals surface area contributed by atoms with E-state index in [4.69, 9.17) is 9.72 Å². The van der Waals surface area contributed by atoms with E-state index in [2.05, 4.69) is 70.9 Å². The van der Waals surface area contributed by atoms with Crippen molar-refractivity contribution in [3.05, 3.63) is 41.3 Å². The summed E-state index contributed by atoms with van der Waals surface area (Å²) in [7, 11) is 0. The van der Waals surface area contributed by atoms with Gasteiger partial charge in [-0.15, -0.1) is 0 Å². The Balaban J connectivity index is 1.30. The number of likely N-dealkylation sites (tertiary alicyclic amines) is 1. The largest absolute Gasteiger partial charge is 0.378 e. The van der Waals surface area contributed by atoms with Crippen molar-refractivity contribution in [3.63, 3.8) is 0 Å². The molecule has 0 radical (unpaired) electrons. The van der Waals surface area contributed by atoms with Crippen LogP contribution in [0.2, 0.25) is 0 Å². The van der Waals surface area contributed by atoms with E-state index in [9.17, 15) is 0 Å². The van der Waals surface area contributed by atoms with Crippen molar-refractivity contribution in [1.29, 1.82) is 0 Å². The van der Waals surface area contributed by atoms with Crippen LogP contribution in [-0.2, 0) is 4.74 Å². The third-order valence-corrected chi connectivity index (χ3v) is 8.30. The molecule has 1 N–H and O–H groups in total. The van der Waals surface area contributed by atoms with E-state index < -0.39 is 0 Å². The fourth-order valence-corrected chi connectivity index (χ4v) is 6.30. The van der Waals surface area contributed by atoms with Gasteiger partial charge in [0.15, 0.2) is 5.65 Å². The van der Waals surface area contributed by atoms with Gasteiger partial charge < -0.3 is 14.6 Å². The molecule has 7 heterocycles. The van der Waals surface area contributed by atoms with Crippen molar-refractivity contribution >= 4 is 22.5 Å². The van der Waals surface area contributed by atoms with Crippen molar-refractivity contribution in [2.24, 2.45) is 0 Å². The van der Waals surface area contributed by atoms with Gasteiger partial charge in [-0.2, -0.15) is 5.10 Å². The molecule has 0 aliphatic carbocycles. The van der Waals surface area contributed by atoms with E-state index in [0.29, 0.717) is 24.0 Å². The topological polar surface area (TPSA) is 74.6 Å². The number of piperazine rings is 1. The summed E-state index contributed by atoms with van der Waals surface area (Å²) >= 11 is 0. The van der Waals surface area contributed by atoms with Gasteiger partial charge in [0.25, 0.3) is 0 Å². The Morgan fingerprint density at radius 3 is 2.62 bits per heavy atom. The monoisotopic (exact) mass is 457 g/mol. The highest BCUT2D eigenvalue weighted by molar-refractivity contribution is 5.90. The normalized spacial score (nSPS) is 23.1. The second-order valence-corrected chi connectivity index (χ2v) is 10.5. The molecule has 176 valence electrons. The zero-order valence-corrected chi connectivity index (χ0v) is 20.2. The molecule has 0 amide bonds. The first-order chi connectivity index (χ1) is 16.5. The lowest BCUT2D eigenvalue weighted by Crippen LogP contribution is -2.56. The molecule has 34 heavy (non-hydrogen) atoms. The number of aromatic amines is 1. The Morgan fingerprint density at radius 1 is 1.06 bits per heavy atom. The van der Waals surface area contributed by atoms with Crippen LogP contribution in [0, 0.1) is 13.8 Å². The van der Waals surface area contributed by atoms with E-state index in [1.807, 2.05) is 4.52 Å². The lowest BCUT2D eigenvalue weighted by molar-refractivity contribution is -0.0708. The van der Waals surface area contributed by atoms with Crippen LogP contribution in [0.25, 0.3) is 27.9 Å². The number of fused-ring (bicyclic) bond motifs is 4. The fraction of sp³-hybridized carbons (Fsp3) is 0.500. The Kier molecular flexibility index (Phi) is 4.36. The van der Waals surface area contributed by atoms with Crippen LogP contribution in [0.4, 0.5) is 5.82 Å². The molecular weight excluding hydrogens is 426 g/mol. The van der Waals surface area contributed by atoms with Gasteiger partial charge >= 0.3 is 0 Å². The van der Waals surface area contributed by atoms with Crippen LogP contribution in [0.15, 0.2) is 24.7 Å². The molecule has 3 fully saturated rings. The van der Waals surface area contributed by atoms with Crippen LogP contribution in [0.1, 0.15) is 42.9 Å². The summed E-state index contributed by atoms with van der Waals surface area (Å²) in [6.45, 7) is 12.8. The van der Waals surface area contributed by atoms with Crippen LogP contribution < -0.4 is 4.90 Å². The van der Waals surface area contributed by atoms with Gasteiger partial charge in [0, 0.05) is 42.5 Å². The number of hydrogen-bond acceptors (Lipinski definition) is 6. The van der Waals surface area contributed by atoms with Crippen molar-refractivity contribution in [2.45, 2.75) is 58.2 Å². The third-order valence-electron chi connectivity index (χ3n) is 8.30. The Labute approximate surface area is 198 Å². The summed E-state index contributed by atoms with van der Waals surface area (Å²) in [6.07, 6.45) is 4.96. The minimum atomic E-state index is 0.335. The van der Waals surface area contributed by atoms with E-state index in [1.165, 1.54) is 17.5 Å². The average molecular weight is 458 g/mol. The number of aryl methyl sites for hydroxylation is 1. The van der Waals surface area contributed by atoms with E-state index >= 15 is 0 Å². The minimum Gasteiger partial charge on any atom is -0.378 e. The van der Waals surface area contributed by atoms with Gasteiger partial charge in [0.2, 0.25) is 0 Å². The van der Waals surface area contributed by atoms with Crippen molar-refractivity contribution < 1.29 is 4.74 Å². The SMILES string of the molecule is Cc1c(-c2[nH]c3ccc(N4C[C@@H]5C[C@H]4CN5C4COC4)nc3c2C(C)C)cn2ncnc2c1C. The smallest absolute Gasteiger partial charge is 0.158 e. The van der Waals surface area contributed by atoms with Gasteiger partial charge in [-0.05, 0) is 49.4 Å². The van der Waals surface area contributed by atoms with E-state index in [-0.39, 0.29) is 0 Å². The molecular formula is C26H31N7O. The molecule has 3 aliphatic heterocycles. The molecule has 8 heteroatoms. The average Bonchev–Trinajstić information content (AvgIpc) is 3.56. The number of nitrogens with zero attached hydrogens (tertiary/aromatic N) is 6. The van der Waals surface area contributed by atoms with Crippen molar-refractivity contribution in [3.8, 4) is 11.3 Å². The number of aromatic nitrogens is 5. The Hall–Kier alpha value is -2.97. The minimum absolute atomic E-state index is 0.335. The van der Waals surface area contributed by atoms with E-state index in [0.717, 1.165) is 65.6 Å². The summed E-state index contributed by atoms with van der Waals surface area (Å²) in [5.74, 6) is 1.44. The summed E-state index contributed by atoms with van der Waals surface area (Å²) in [4.78, 5) is 18.6. The molecule has 0 saturated carbocycles. The highest BCUT2D eigenvalue weighted by Gasteiger charge is 2.47. The molecule has 4 aromatic rings. The zero-order valence-electron chi connectivity index (χ0n) is 20.2. The standard InChI is InChI=1S/C26H31N7O/c1-14(2)23-24(20-10-33-26(27-13-28-33)16(4)15(20)3)29-21-5-6-22(30-25(21)23)32-9-17-7-18(32)8-31(17)19-11-34-12-19/h5-6,10,13-14,17-19,29H,7-9,11-12H2,1-4H3/t17-,18-/m0/s1. The van der Waals surface area contributed by atoms with Crippen LogP contribution in [-0.4, -0.2) is 73.9 Å². The third kappa shape index (κ3) is 2.81. The number of pyridine rings is 2. The first kappa shape index (κ1) is 20.4. The number of H-pyrrole nitrogens is 1. The molecule has 0 spiro atoms. The quantitative estimate of drug-likeness (QED) is 0.504. The molecule has 4 aromatic heterocycles. The number of hydrogen-bond donors (Lipinski definition) is 1. The van der Waals surface area contributed by atoms with Crippen LogP contribution >= 0.6 is 0 Å². The lowest BCUT2D eigenvalue weighted by atomic mass is 9.95. The lowest BCUT2D eigenvalue weighted by Gasteiger charge is -2.42. The van der Waals surface area contributed by atoms with Gasteiger partial charge in [0.05, 0.1) is 36.0 Å². The van der Waals surface area contributed by atoms with Crippen molar-refractivity contribution in [1.82, 2.24) is 29.5 Å². The number of nitrogens with one attached hydrogen (secondary N) is 1. The molecule has 0 aromatic carbocycles. The number of rotatable bonds is 4. The van der Waals surface area contributed by atoms with Gasteiger partial charge in [-0.25, -0.2) is 14.5 Å². The first-order valence-corrected chi connectivity index (χ1v) is 12.4. The number of anilines is 1. The van der Waals surface area contributed by atoms with Gasteiger partial charge in [-0.1, -0.05) is 13.8 Å². The Bertz CT molecular complexity index is 1420. The second-order valence-electron chi connectivity index (χ2n) is 10.5. The second kappa shape index (κ2) is 7.26. The molecule has 3 aliphatic rings. The molecule has 8 nitrogen and oxygen atoms in total. The van der Waals surface area contributed by atoms with Crippen molar-refractivity contribution in [2.75, 3.05) is 31.2 Å². The molecule has 0 unspecified atom stereocenters. The Morgan fingerprint density at radius 2 is 1.91 bits per heavy atom. The maximum absolute atomic E-state index is 5.44. The molecule has 2 atom stereocenters. The predicted octanol–water partition coefficient (Wildman–Crippen LogP) is 3.67.